The number of rotatable bonds is 5. The second kappa shape index (κ2) is 7.47. The van der Waals surface area contributed by atoms with Crippen LogP contribution in [-0.2, 0) is 9.59 Å². The summed E-state index contributed by atoms with van der Waals surface area (Å²) in [5, 5.41) is 11.1. The molecule has 2 rings (SSSR count). The van der Waals surface area contributed by atoms with Crippen molar-refractivity contribution in [3.8, 4) is 11.5 Å². The number of hydrogen-bond acceptors (Lipinski definition) is 4. The molecule has 0 aromatic heterocycles. The third kappa shape index (κ3) is 4.97. The van der Waals surface area contributed by atoms with Gasteiger partial charge in [-0.15, -0.1) is 0 Å². The number of amides is 1. The van der Waals surface area contributed by atoms with E-state index in [4.69, 9.17) is 15.6 Å². The Hall–Kier alpha value is -2.06. The SMILES string of the molecule is Nc1ccc(Oc2c(Br)cc(NC(=O)CC(=O)O)cc2Br)cc1. The Balaban J connectivity index is 2.18. The highest BCUT2D eigenvalue weighted by molar-refractivity contribution is 9.11. The lowest BCUT2D eigenvalue weighted by molar-refractivity contribution is -0.139. The molecule has 23 heavy (non-hydrogen) atoms. The molecular formula is C15H12Br2N2O4. The van der Waals surface area contributed by atoms with Gasteiger partial charge in [0.2, 0.25) is 5.91 Å². The highest BCUT2D eigenvalue weighted by Crippen LogP contribution is 2.39. The molecule has 120 valence electrons. The number of benzene rings is 2. The standard InChI is InChI=1S/C15H12Br2N2O4/c16-11-5-9(19-13(20)7-14(21)22)6-12(17)15(11)23-10-3-1-8(18)2-4-10/h1-6H,7,18H2,(H,19,20)(H,21,22). The van der Waals surface area contributed by atoms with E-state index in [1.807, 2.05) is 0 Å². The number of halogens is 2. The molecule has 0 fully saturated rings. The monoisotopic (exact) mass is 442 g/mol. The molecule has 2 aromatic carbocycles. The summed E-state index contributed by atoms with van der Waals surface area (Å²) in [6, 6.07) is 10.1. The van der Waals surface area contributed by atoms with Gasteiger partial charge >= 0.3 is 5.97 Å². The van der Waals surface area contributed by atoms with Crippen molar-refractivity contribution in [2.45, 2.75) is 6.42 Å². The fraction of sp³-hybridized carbons (Fsp3) is 0.0667. The minimum Gasteiger partial charge on any atom is -0.481 e. The topological polar surface area (TPSA) is 102 Å². The zero-order valence-electron chi connectivity index (χ0n) is 11.7. The number of nitrogen functional groups attached to an aromatic ring is 1. The van der Waals surface area contributed by atoms with Crippen molar-refractivity contribution >= 4 is 55.1 Å². The van der Waals surface area contributed by atoms with Crippen molar-refractivity contribution in [3.63, 3.8) is 0 Å². The highest BCUT2D eigenvalue weighted by atomic mass is 79.9. The minimum absolute atomic E-state index is 0.444. The molecule has 2 aromatic rings. The molecule has 0 aliphatic carbocycles. The number of carbonyl (C=O) groups excluding carboxylic acids is 1. The first-order chi connectivity index (χ1) is 10.8. The maximum atomic E-state index is 11.5. The Morgan fingerprint density at radius 3 is 2.22 bits per heavy atom. The van der Waals surface area contributed by atoms with E-state index < -0.39 is 18.3 Å². The normalized spacial score (nSPS) is 10.2. The zero-order chi connectivity index (χ0) is 17.0. The van der Waals surface area contributed by atoms with E-state index in [-0.39, 0.29) is 0 Å². The molecule has 0 aliphatic heterocycles. The Labute approximate surface area is 148 Å². The lowest BCUT2D eigenvalue weighted by Crippen LogP contribution is -2.15. The summed E-state index contributed by atoms with van der Waals surface area (Å²) in [7, 11) is 0. The molecule has 0 atom stereocenters. The Kier molecular flexibility index (Phi) is 5.62. The molecule has 0 saturated carbocycles. The molecule has 0 aliphatic rings. The number of nitrogens with one attached hydrogen (secondary N) is 1. The van der Waals surface area contributed by atoms with Crippen molar-refractivity contribution in [1.82, 2.24) is 0 Å². The van der Waals surface area contributed by atoms with Gasteiger partial charge in [0.15, 0.2) is 5.75 Å². The molecule has 8 heteroatoms. The predicted octanol–water partition coefficient (Wildman–Crippen LogP) is 4.00. The van der Waals surface area contributed by atoms with Crippen molar-refractivity contribution in [2.24, 2.45) is 0 Å². The van der Waals surface area contributed by atoms with Crippen LogP contribution in [0.25, 0.3) is 0 Å². The summed E-state index contributed by atoms with van der Waals surface area (Å²) >= 11 is 6.73. The Bertz CT molecular complexity index is 725. The lowest BCUT2D eigenvalue weighted by Gasteiger charge is -2.12. The summed E-state index contributed by atoms with van der Waals surface area (Å²) < 4.78 is 6.95. The highest BCUT2D eigenvalue weighted by Gasteiger charge is 2.13. The maximum absolute atomic E-state index is 11.5. The van der Waals surface area contributed by atoms with E-state index in [0.717, 1.165) is 0 Å². The molecule has 0 saturated heterocycles. The summed E-state index contributed by atoms with van der Waals surface area (Å²) in [5.74, 6) is -0.679. The quantitative estimate of drug-likeness (QED) is 0.478. The largest absolute Gasteiger partial charge is 0.481 e. The molecular weight excluding hydrogens is 432 g/mol. The second-order valence-electron chi connectivity index (χ2n) is 4.56. The molecule has 4 N–H and O–H groups in total. The van der Waals surface area contributed by atoms with Gasteiger partial charge in [-0.3, -0.25) is 9.59 Å². The molecule has 0 spiro atoms. The van der Waals surface area contributed by atoms with Crippen LogP contribution >= 0.6 is 31.9 Å². The molecule has 0 heterocycles. The van der Waals surface area contributed by atoms with E-state index in [9.17, 15) is 9.59 Å². The van der Waals surface area contributed by atoms with Crippen molar-refractivity contribution in [1.29, 1.82) is 0 Å². The molecule has 1 amide bonds. The van der Waals surface area contributed by atoms with Crippen LogP contribution in [0.3, 0.4) is 0 Å². The smallest absolute Gasteiger partial charge is 0.312 e. The van der Waals surface area contributed by atoms with Gasteiger partial charge < -0.3 is 20.9 Å². The summed E-state index contributed by atoms with van der Waals surface area (Å²) in [6.07, 6.45) is -0.598. The maximum Gasteiger partial charge on any atom is 0.312 e. The molecule has 0 radical (unpaired) electrons. The third-order valence-electron chi connectivity index (χ3n) is 2.69. The predicted molar refractivity (Wildman–Crippen MR) is 93.7 cm³/mol. The first kappa shape index (κ1) is 17.3. The Morgan fingerprint density at radius 1 is 1.13 bits per heavy atom. The number of nitrogens with two attached hydrogens (primary N) is 1. The minimum atomic E-state index is -1.19. The van der Waals surface area contributed by atoms with Crippen molar-refractivity contribution < 1.29 is 19.4 Å². The van der Waals surface area contributed by atoms with Crippen LogP contribution in [0.15, 0.2) is 45.3 Å². The third-order valence-corrected chi connectivity index (χ3v) is 3.87. The van der Waals surface area contributed by atoms with Crippen LogP contribution in [0.1, 0.15) is 6.42 Å². The van der Waals surface area contributed by atoms with Crippen molar-refractivity contribution in [2.75, 3.05) is 11.1 Å². The number of carbonyl (C=O) groups is 2. The number of hydrogen-bond donors (Lipinski definition) is 3. The van der Waals surface area contributed by atoms with E-state index in [1.54, 1.807) is 36.4 Å². The molecule has 0 bridgehead atoms. The Morgan fingerprint density at radius 2 is 1.70 bits per heavy atom. The molecule has 6 nitrogen and oxygen atoms in total. The van der Waals surface area contributed by atoms with Crippen LogP contribution in [-0.4, -0.2) is 17.0 Å². The van der Waals surface area contributed by atoms with Gasteiger partial charge in [-0.1, -0.05) is 0 Å². The van der Waals surface area contributed by atoms with E-state index in [2.05, 4.69) is 37.2 Å². The number of anilines is 2. The van der Waals surface area contributed by atoms with E-state index in [0.29, 0.717) is 31.8 Å². The van der Waals surface area contributed by atoms with Gasteiger partial charge in [-0.25, -0.2) is 0 Å². The van der Waals surface area contributed by atoms with Gasteiger partial charge in [0, 0.05) is 11.4 Å². The number of ether oxygens (including phenoxy) is 1. The summed E-state index contributed by atoms with van der Waals surface area (Å²) in [4.78, 5) is 22.0. The van der Waals surface area contributed by atoms with Crippen LogP contribution in [0.2, 0.25) is 0 Å². The average molecular weight is 444 g/mol. The average Bonchev–Trinajstić information content (AvgIpc) is 2.44. The summed E-state index contributed by atoms with van der Waals surface area (Å²) in [5.41, 5.74) is 6.70. The molecule has 0 unspecified atom stereocenters. The lowest BCUT2D eigenvalue weighted by atomic mass is 10.2. The fourth-order valence-electron chi connectivity index (χ4n) is 1.73. The summed E-state index contributed by atoms with van der Waals surface area (Å²) in [6.45, 7) is 0. The second-order valence-corrected chi connectivity index (χ2v) is 6.27. The van der Waals surface area contributed by atoms with Gasteiger partial charge in [-0.2, -0.15) is 0 Å². The van der Waals surface area contributed by atoms with Crippen LogP contribution < -0.4 is 15.8 Å². The zero-order valence-corrected chi connectivity index (χ0v) is 14.8. The van der Waals surface area contributed by atoms with Crippen LogP contribution in [0, 0.1) is 0 Å². The number of carboxylic acid groups (broad SMARTS) is 1. The first-order valence-electron chi connectivity index (χ1n) is 6.39. The van der Waals surface area contributed by atoms with Crippen LogP contribution in [0.4, 0.5) is 11.4 Å². The fourth-order valence-corrected chi connectivity index (χ4v) is 3.07. The van der Waals surface area contributed by atoms with Gasteiger partial charge in [0.25, 0.3) is 0 Å². The number of aliphatic carboxylic acids is 1. The van der Waals surface area contributed by atoms with Gasteiger partial charge in [-0.05, 0) is 68.3 Å². The van der Waals surface area contributed by atoms with Crippen LogP contribution in [0.5, 0.6) is 11.5 Å². The number of carboxylic acids is 1. The van der Waals surface area contributed by atoms with E-state index >= 15 is 0 Å². The van der Waals surface area contributed by atoms with E-state index in [1.165, 1.54) is 0 Å². The first-order valence-corrected chi connectivity index (χ1v) is 7.98. The van der Waals surface area contributed by atoms with Crippen molar-refractivity contribution in [3.05, 3.63) is 45.3 Å². The van der Waals surface area contributed by atoms with Gasteiger partial charge in [0.1, 0.15) is 12.2 Å². The van der Waals surface area contributed by atoms with Gasteiger partial charge in [0.05, 0.1) is 8.95 Å².